The molecule has 0 amide bonds. The first-order valence-electron chi connectivity index (χ1n) is 6.56. The van der Waals surface area contributed by atoms with Crippen molar-refractivity contribution in [3.8, 4) is 0 Å². The van der Waals surface area contributed by atoms with Crippen LogP contribution < -0.4 is 0 Å². The Bertz CT molecular complexity index is 270. The Balaban J connectivity index is 2.63. The molecule has 0 spiro atoms. The van der Waals surface area contributed by atoms with E-state index >= 15 is 0 Å². The van der Waals surface area contributed by atoms with Crippen molar-refractivity contribution in [2.75, 3.05) is 19.6 Å². The van der Waals surface area contributed by atoms with E-state index < -0.39 is 18.1 Å². The molecular weight excluding hydrogens is 243 g/mol. The van der Waals surface area contributed by atoms with Crippen LogP contribution in [0.2, 0.25) is 0 Å². The number of hydrogen-bond acceptors (Lipinski definition) is 2. The van der Waals surface area contributed by atoms with Gasteiger partial charge in [-0.25, -0.2) is 0 Å². The number of rotatable bonds is 5. The zero-order valence-electron chi connectivity index (χ0n) is 11.1. The molecule has 0 N–H and O–H groups in total. The van der Waals surface area contributed by atoms with E-state index in [1.807, 2.05) is 0 Å². The van der Waals surface area contributed by atoms with Gasteiger partial charge in [0.1, 0.15) is 6.29 Å². The molecule has 1 aliphatic carbocycles. The van der Waals surface area contributed by atoms with E-state index in [0.29, 0.717) is 25.3 Å². The molecule has 0 aliphatic heterocycles. The molecule has 1 aliphatic rings. The highest BCUT2D eigenvalue weighted by atomic mass is 19.4. The summed E-state index contributed by atoms with van der Waals surface area (Å²) in [5, 5.41) is 0. The van der Waals surface area contributed by atoms with Crippen LogP contribution in [0.15, 0.2) is 0 Å². The number of halogens is 3. The first-order valence-corrected chi connectivity index (χ1v) is 6.56. The summed E-state index contributed by atoms with van der Waals surface area (Å²) in [7, 11) is 0. The number of carbonyl (C=O) groups excluding carboxylic acids is 1. The maximum atomic E-state index is 12.4. The van der Waals surface area contributed by atoms with Gasteiger partial charge in [-0.2, -0.15) is 13.2 Å². The fourth-order valence-corrected chi connectivity index (χ4v) is 2.63. The normalized spacial score (nSPS) is 29.6. The van der Waals surface area contributed by atoms with Crippen LogP contribution in [0.25, 0.3) is 0 Å². The molecule has 1 fully saturated rings. The van der Waals surface area contributed by atoms with E-state index in [-0.39, 0.29) is 6.54 Å². The molecule has 0 aromatic heterocycles. The van der Waals surface area contributed by atoms with Crippen molar-refractivity contribution in [3.63, 3.8) is 0 Å². The van der Waals surface area contributed by atoms with Crippen LogP contribution in [0.3, 0.4) is 0 Å². The second-order valence-electron chi connectivity index (χ2n) is 5.58. The van der Waals surface area contributed by atoms with Gasteiger partial charge >= 0.3 is 6.18 Å². The third-order valence-electron chi connectivity index (χ3n) is 3.91. The van der Waals surface area contributed by atoms with Gasteiger partial charge in [-0.1, -0.05) is 13.8 Å². The zero-order valence-corrected chi connectivity index (χ0v) is 11.1. The van der Waals surface area contributed by atoms with Crippen molar-refractivity contribution in [2.24, 2.45) is 11.3 Å². The average molecular weight is 265 g/mol. The summed E-state index contributed by atoms with van der Waals surface area (Å²) in [6.07, 6.45) is -0.0113. The van der Waals surface area contributed by atoms with Crippen LogP contribution in [0.4, 0.5) is 13.2 Å². The molecule has 106 valence electrons. The maximum Gasteiger partial charge on any atom is 0.401 e. The van der Waals surface area contributed by atoms with Crippen LogP contribution in [-0.4, -0.2) is 37.0 Å². The predicted molar refractivity (Wildman–Crippen MR) is 64.3 cm³/mol. The fourth-order valence-electron chi connectivity index (χ4n) is 2.63. The van der Waals surface area contributed by atoms with Crippen molar-refractivity contribution in [2.45, 2.75) is 45.7 Å². The molecule has 0 unspecified atom stereocenters. The first kappa shape index (κ1) is 15.5. The first-order chi connectivity index (χ1) is 8.30. The molecule has 0 bridgehead atoms. The lowest BCUT2D eigenvalue weighted by Gasteiger charge is -2.38. The van der Waals surface area contributed by atoms with Gasteiger partial charge in [0.05, 0.1) is 6.54 Å². The molecule has 2 nitrogen and oxygen atoms in total. The Morgan fingerprint density at radius 1 is 1.33 bits per heavy atom. The minimum absolute atomic E-state index is 0.235. The summed E-state index contributed by atoms with van der Waals surface area (Å²) in [5.41, 5.74) is -0.562. The number of hydrogen-bond donors (Lipinski definition) is 0. The Morgan fingerprint density at radius 2 is 1.89 bits per heavy atom. The van der Waals surface area contributed by atoms with E-state index in [1.54, 1.807) is 6.92 Å². The predicted octanol–water partition coefficient (Wildman–Crippen LogP) is 3.27. The SMILES string of the molecule is CCN(CC(F)(F)F)CC1(C=O)CCC(C)CC1. The van der Waals surface area contributed by atoms with Gasteiger partial charge in [0.15, 0.2) is 0 Å². The Labute approximate surface area is 107 Å². The van der Waals surface area contributed by atoms with Crippen molar-refractivity contribution in [1.29, 1.82) is 0 Å². The average Bonchev–Trinajstić information content (AvgIpc) is 2.30. The van der Waals surface area contributed by atoms with Crippen LogP contribution >= 0.6 is 0 Å². The van der Waals surface area contributed by atoms with Crippen molar-refractivity contribution in [3.05, 3.63) is 0 Å². The third-order valence-corrected chi connectivity index (χ3v) is 3.91. The Hall–Kier alpha value is -0.580. The van der Waals surface area contributed by atoms with Gasteiger partial charge in [-0.15, -0.1) is 0 Å². The highest BCUT2D eigenvalue weighted by Gasteiger charge is 2.38. The highest BCUT2D eigenvalue weighted by molar-refractivity contribution is 5.60. The van der Waals surface area contributed by atoms with E-state index in [2.05, 4.69) is 6.92 Å². The van der Waals surface area contributed by atoms with Gasteiger partial charge in [0, 0.05) is 12.0 Å². The van der Waals surface area contributed by atoms with Crippen LogP contribution in [-0.2, 0) is 4.79 Å². The summed E-state index contributed by atoms with van der Waals surface area (Å²) in [4.78, 5) is 12.6. The monoisotopic (exact) mass is 265 g/mol. The standard InChI is InChI=1S/C13H22F3NO/c1-3-17(9-13(14,15)16)8-12(10-18)6-4-11(2)5-7-12/h10-11H,3-9H2,1-2H3. The van der Waals surface area contributed by atoms with Gasteiger partial charge in [0.25, 0.3) is 0 Å². The molecule has 0 atom stereocenters. The largest absolute Gasteiger partial charge is 0.401 e. The second kappa shape index (κ2) is 6.04. The molecule has 5 heteroatoms. The summed E-state index contributed by atoms with van der Waals surface area (Å²) in [6.45, 7) is 3.47. The van der Waals surface area contributed by atoms with E-state index in [0.717, 1.165) is 19.1 Å². The van der Waals surface area contributed by atoms with Crippen LogP contribution in [0.1, 0.15) is 39.5 Å². The Kier molecular flexibility index (Phi) is 5.20. The van der Waals surface area contributed by atoms with Crippen LogP contribution in [0.5, 0.6) is 0 Å². The molecule has 0 aromatic carbocycles. The summed E-state index contributed by atoms with van der Waals surface area (Å²) >= 11 is 0. The maximum absolute atomic E-state index is 12.4. The number of aldehydes is 1. The molecule has 0 saturated heterocycles. The molecule has 0 radical (unpaired) electrons. The van der Waals surface area contributed by atoms with Crippen LogP contribution in [0, 0.1) is 11.3 Å². The van der Waals surface area contributed by atoms with Gasteiger partial charge in [-0.3, -0.25) is 4.90 Å². The molecule has 0 heterocycles. The van der Waals surface area contributed by atoms with Gasteiger partial charge < -0.3 is 4.79 Å². The molecule has 1 saturated carbocycles. The smallest absolute Gasteiger partial charge is 0.303 e. The lowest BCUT2D eigenvalue weighted by atomic mass is 9.71. The van der Waals surface area contributed by atoms with E-state index in [9.17, 15) is 18.0 Å². The van der Waals surface area contributed by atoms with E-state index in [1.165, 1.54) is 4.90 Å². The minimum atomic E-state index is -4.19. The minimum Gasteiger partial charge on any atom is -0.303 e. The molecular formula is C13H22F3NO. The zero-order chi connectivity index (χ0) is 13.8. The molecule has 0 aromatic rings. The lowest BCUT2D eigenvalue weighted by Crippen LogP contribution is -2.44. The molecule has 18 heavy (non-hydrogen) atoms. The quantitative estimate of drug-likeness (QED) is 0.711. The fraction of sp³-hybridized carbons (Fsp3) is 0.923. The summed E-state index contributed by atoms with van der Waals surface area (Å²) in [5.74, 6) is 0.579. The van der Waals surface area contributed by atoms with Crippen molar-refractivity contribution in [1.82, 2.24) is 4.90 Å². The summed E-state index contributed by atoms with van der Waals surface area (Å²) < 4.78 is 37.2. The number of alkyl halides is 3. The summed E-state index contributed by atoms with van der Waals surface area (Å²) in [6, 6.07) is 0. The van der Waals surface area contributed by atoms with Crippen molar-refractivity contribution >= 4 is 6.29 Å². The molecule has 1 rings (SSSR count). The van der Waals surface area contributed by atoms with Gasteiger partial charge in [-0.05, 0) is 38.1 Å². The number of carbonyl (C=O) groups is 1. The van der Waals surface area contributed by atoms with Crippen molar-refractivity contribution < 1.29 is 18.0 Å². The second-order valence-corrected chi connectivity index (χ2v) is 5.58. The Morgan fingerprint density at radius 3 is 2.28 bits per heavy atom. The van der Waals surface area contributed by atoms with Gasteiger partial charge in [0.2, 0.25) is 0 Å². The number of nitrogens with zero attached hydrogens (tertiary/aromatic N) is 1. The highest BCUT2D eigenvalue weighted by Crippen LogP contribution is 2.38. The third kappa shape index (κ3) is 4.59. The lowest BCUT2D eigenvalue weighted by molar-refractivity contribution is -0.151. The topological polar surface area (TPSA) is 20.3 Å². The van der Waals surface area contributed by atoms with E-state index in [4.69, 9.17) is 0 Å².